The van der Waals surface area contributed by atoms with Gasteiger partial charge in [0.15, 0.2) is 5.82 Å². The normalized spacial score (nSPS) is 16.8. The zero-order chi connectivity index (χ0) is 41.2. The second kappa shape index (κ2) is 16.8. The van der Waals surface area contributed by atoms with E-state index in [0.29, 0.717) is 23.8 Å². The van der Waals surface area contributed by atoms with Crippen molar-refractivity contribution in [2.75, 3.05) is 6.54 Å². The number of piperidine rings is 1. The smallest absolute Gasteiger partial charge is 0.261 e. The summed E-state index contributed by atoms with van der Waals surface area (Å²) in [5.74, 6) is 1.46. The van der Waals surface area contributed by atoms with Crippen LogP contribution >= 0.6 is 0 Å². The summed E-state index contributed by atoms with van der Waals surface area (Å²) in [4.78, 5) is 26.0. The van der Waals surface area contributed by atoms with Crippen LogP contribution in [0.5, 0.6) is 0 Å². The molecule has 2 aliphatic heterocycles. The van der Waals surface area contributed by atoms with E-state index in [1.165, 1.54) is 19.3 Å². The lowest BCUT2D eigenvalue weighted by Crippen LogP contribution is -2.39. The van der Waals surface area contributed by atoms with Crippen LogP contribution in [0.1, 0.15) is 85.2 Å². The molecule has 8 aromatic rings. The molecular formula is C52H49N7O2. The number of unbranched alkanes of at least 4 members (excludes halogenated alkanes) is 1. The molecule has 0 radical (unpaired) electrons. The molecule has 2 aromatic heterocycles. The molecule has 2 fully saturated rings. The molecule has 0 bridgehead atoms. The van der Waals surface area contributed by atoms with E-state index < -0.39 is 5.54 Å². The Labute approximate surface area is 356 Å². The molecule has 61 heavy (non-hydrogen) atoms. The summed E-state index contributed by atoms with van der Waals surface area (Å²) in [6, 6.07) is 54.8. The number of hydroxylamine groups is 2. The molecule has 0 amide bonds. The van der Waals surface area contributed by atoms with Crippen LogP contribution in [-0.4, -0.2) is 47.4 Å². The van der Waals surface area contributed by atoms with E-state index in [0.717, 1.165) is 88.1 Å². The first kappa shape index (κ1) is 38.6. The van der Waals surface area contributed by atoms with E-state index in [1.54, 1.807) is 0 Å². The van der Waals surface area contributed by atoms with Crippen LogP contribution in [0.2, 0.25) is 0 Å². The first-order chi connectivity index (χ1) is 30.1. The summed E-state index contributed by atoms with van der Waals surface area (Å²) in [6.07, 6.45) is 7.22. The molecule has 2 aliphatic rings. The summed E-state index contributed by atoms with van der Waals surface area (Å²) in [5.41, 5.74) is 7.98. The van der Waals surface area contributed by atoms with Crippen molar-refractivity contribution in [3.05, 3.63) is 202 Å². The highest BCUT2D eigenvalue weighted by molar-refractivity contribution is 5.81. The van der Waals surface area contributed by atoms with Gasteiger partial charge in [-0.1, -0.05) is 165 Å². The third-order valence-corrected chi connectivity index (χ3v) is 12.6. The maximum Gasteiger partial charge on any atom is 0.261 e. The quantitative estimate of drug-likeness (QED) is 0.114. The average Bonchev–Trinajstić information content (AvgIpc) is 4.00. The number of hydrogen-bond acceptors (Lipinski definition) is 7. The lowest BCUT2D eigenvalue weighted by atomic mass is 9.77. The van der Waals surface area contributed by atoms with Crippen LogP contribution in [0.25, 0.3) is 33.4 Å². The number of rotatable bonds is 12. The summed E-state index contributed by atoms with van der Waals surface area (Å²) >= 11 is 0. The SMILES string of the molecule is CCCCc1nc2ccc(C3CC4CCCCN4O3)cc2c(=O)n1Cc1ccc(-c2ccccc2-c2nnnn2C(c2ccccc2)(c2ccccc2)c2ccccc2)cc1. The fraction of sp³-hybridized carbons (Fsp3) is 0.250. The Morgan fingerprint density at radius 1 is 0.738 bits per heavy atom. The molecular weight excluding hydrogens is 755 g/mol. The van der Waals surface area contributed by atoms with Gasteiger partial charge in [-0.05, 0) is 87.2 Å². The average molecular weight is 804 g/mol. The first-order valence-electron chi connectivity index (χ1n) is 21.7. The largest absolute Gasteiger partial charge is 0.292 e. The number of tetrazole rings is 1. The van der Waals surface area contributed by atoms with Crippen molar-refractivity contribution < 1.29 is 4.84 Å². The summed E-state index contributed by atoms with van der Waals surface area (Å²) < 4.78 is 3.86. The monoisotopic (exact) mass is 803 g/mol. The molecule has 9 nitrogen and oxygen atoms in total. The zero-order valence-corrected chi connectivity index (χ0v) is 34.5. The van der Waals surface area contributed by atoms with Gasteiger partial charge in [-0.3, -0.25) is 14.2 Å². The van der Waals surface area contributed by atoms with Crippen LogP contribution in [0.4, 0.5) is 0 Å². The number of benzene rings is 6. The van der Waals surface area contributed by atoms with Crippen molar-refractivity contribution in [2.45, 2.75) is 76.1 Å². The van der Waals surface area contributed by atoms with Gasteiger partial charge in [0.25, 0.3) is 5.56 Å². The minimum absolute atomic E-state index is 0.00587. The Hall–Kier alpha value is -6.55. The van der Waals surface area contributed by atoms with Crippen molar-refractivity contribution >= 4 is 10.9 Å². The molecule has 0 spiro atoms. The topological polar surface area (TPSA) is 91.0 Å². The lowest BCUT2D eigenvalue weighted by Gasteiger charge is -2.36. The molecule has 0 aliphatic carbocycles. The van der Waals surface area contributed by atoms with E-state index in [9.17, 15) is 4.79 Å². The van der Waals surface area contributed by atoms with Gasteiger partial charge < -0.3 is 0 Å². The second-order valence-corrected chi connectivity index (χ2v) is 16.4. The van der Waals surface area contributed by atoms with Gasteiger partial charge in [-0.25, -0.2) is 9.67 Å². The third-order valence-electron chi connectivity index (χ3n) is 12.6. The highest BCUT2D eigenvalue weighted by atomic mass is 16.7. The predicted octanol–water partition coefficient (Wildman–Crippen LogP) is 10.2. The van der Waals surface area contributed by atoms with Gasteiger partial charge in [-0.2, -0.15) is 5.06 Å². The fourth-order valence-electron chi connectivity index (χ4n) is 9.56. The molecule has 6 aromatic carbocycles. The van der Waals surface area contributed by atoms with Crippen LogP contribution < -0.4 is 5.56 Å². The molecule has 2 saturated heterocycles. The molecule has 304 valence electrons. The van der Waals surface area contributed by atoms with Crippen LogP contribution in [-0.2, 0) is 23.3 Å². The van der Waals surface area contributed by atoms with Gasteiger partial charge in [0.2, 0.25) is 0 Å². The van der Waals surface area contributed by atoms with E-state index in [2.05, 4.69) is 139 Å². The van der Waals surface area contributed by atoms with Crippen molar-refractivity contribution in [1.29, 1.82) is 0 Å². The van der Waals surface area contributed by atoms with Gasteiger partial charge >= 0.3 is 0 Å². The fourth-order valence-corrected chi connectivity index (χ4v) is 9.56. The van der Waals surface area contributed by atoms with Crippen molar-refractivity contribution in [2.24, 2.45) is 0 Å². The lowest BCUT2D eigenvalue weighted by molar-refractivity contribution is -0.173. The number of fused-ring (bicyclic) bond motifs is 2. The van der Waals surface area contributed by atoms with Gasteiger partial charge in [0, 0.05) is 24.6 Å². The number of nitrogens with zero attached hydrogens (tertiary/aromatic N) is 7. The van der Waals surface area contributed by atoms with Gasteiger partial charge in [0.05, 0.1) is 17.4 Å². The maximum atomic E-state index is 14.5. The van der Waals surface area contributed by atoms with Crippen molar-refractivity contribution in [3.63, 3.8) is 0 Å². The summed E-state index contributed by atoms with van der Waals surface area (Å²) in [7, 11) is 0. The Balaban J connectivity index is 1.02. The van der Waals surface area contributed by atoms with Gasteiger partial charge in [0.1, 0.15) is 17.5 Å². The van der Waals surface area contributed by atoms with Crippen molar-refractivity contribution in [1.82, 2.24) is 34.8 Å². The summed E-state index contributed by atoms with van der Waals surface area (Å²) in [6.45, 7) is 3.57. The number of aryl methyl sites for hydroxylation is 1. The van der Waals surface area contributed by atoms with E-state index in [-0.39, 0.29) is 11.7 Å². The predicted molar refractivity (Wildman–Crippen MR) is 240 cm³/mol. The molecule has 4 heterocycles. The van der Waals surface area contributed by atoms with E-state index in [1.807, 2.05) is 45.6 Å². The van der Waals surface area contributed by atoms with Crippen LogP contribution in [0.3, 0.4) is 0 Å². The van der Waals surface area contributed by atoms with E-state index in [4.69, 9.17) is 20.1 Å². The highest BCUT2D eigenvalue weighted by Gasteiger charge is 2.42. The molecule has 0 N–H and O–H groups in total. The van der Waals surface area contributed by atoms with Crippen molar-refractivity contribution in [3.8, 4) is 22.5 Å². The number of aromatic nitrogens is 6. The molecule has 2 atom stereocenters. The molecule has 0 saturated carbocycles. The Morgan fingerprint density at radius 2 is 1.39 bits per heavy atom. The maximum absolute atomic E-state index is 14.5. The van der Waals surface area contributed by atoms with Crippen LogP contribution in [0.15, 0.2) is 163 Å². The standard InChI is InChI=1S/C52H49N7O2/c1-2-3-26-49-53-47-32-31-39(48-35-43-23-15-16-33-58(43)61-48)34-46(47)51(60)57(49)36-37-27-29-38(30-28-37)44-24-13-14-25-45(44)50-54-55-56-59(50)52(40-17-7-4-8-18-40,41-19-9-5-10-20-41)42-21-11-6-12-22-42/h4-14,17-22,24-25,27-32,34,43,48H,2-3,15-16,23,26,33,35-36H2,1H3. The first-order valence-corrected chi connectivity index (χ1v) is 21.7. The van der Waals surface area contributed by atoms with Crippen LogP contribution in [0, 0.1) is 0 Å². The minimum atomic E-state index is -0.878. The van der Waals surface area contributed by atoms with Gasteiger partial charge in [-0.15, -0.1) is 5.10 Å². The molecule has 2 unspecified atom stereocenters. The minimum Gasteiger partial charge on any atom is -0.292 e. The molecule has 9 heteroatoms. The Bertz CT molecular complexity index is 2710. The van der Waals surface area contributed by atoms with E-state index >= 15 is 0 Å². The highest BCUT2D eigenvalue weighted by Crippen LogP contribution is 2.44. The zero-order valence-electron chi connectivity index (χ0n) is 34.5. The second-order valence-electron chi connectivity index (χ2n) is 16.4. The molecule has 10 rings (SSSR count). The number of hydrogen-bond donors (Lipinski definition) is 0. The Kier molecular flexibility index (Phi) is 10.7. The third kappa shape index (κ3) is 7.17. The summed E-state index contributed by atoms with van der Waals surface area (Å²) in [5, 5.41) is 16.7. The Morgan fingerprint density at radius 3 is 2.05 bits per heavy atom.